The van der Waals surface area contributed by atoms with Crippen molar-refractivity contribution < 1.29 is 19.6 Å². The molecule has 0 bridgehead atoms. The number of aryl methyl sites for hydroxylation is 1. The summed E-state index contributed by atoms with van der Waals surface area (Å²) >= 11 is 0. The van der Waals surface area contributed by atoms with Crippen LogP contribution in [0.15, 0.2) is 72.8 Å². The molecule has 3 aromatic carbocycles. The number of hydrogen-bond donors (Lipinski definition) is 2. The quantitative estimate of drug-likeness (QED) is 0.679. The summed E-state index contributed by atoms with van der Waals surface area (Å²) in [4.78, 5) is 12.9. The van der Waals surface area contributed by atoms with Crippen molar-refractivity contribution in [3.8, 4) is 11.5 Å². The van der Waals surface area contributed by atoms with Crippen molar-refractivity contribution in [1.82, 2.24) is 0 Å². The molecule has 0 saturated carbocycles. The second-order valence-corrected chi connectivity index (χ2v) is 7.34. The molecule has 0 fully saturated rings. The van der Waals surface area contributed by atoms with Gasteiger partial charge in [0.05, 0.1) is 0 Å². The molecule has 1 aliphatic heterocycles. The number of carbonyl (C=O) groups excluding carboxylic acids is 1. The molecule has 2 atom stereocenters. The topological polar surface area (TPSA) is 64.2 Å². The maximum absolute atomic E-state index is 12.9. The first-order chi connectivity index (χ1) is 14.1. The molecule has 1 heterocycles. The maximum atomic E-state index is 12.9. The number of nitrogens with two attached hydrogens (primary N) is 1. The molecule has 29 heavy (non-hydrogen) atoms. The summed E-state index contributed by atoms with van der Waals surface area (Å²) < 4.78 is 10.7. The van der Waals surface area contributed by atoms with Gasteiger partial charge >= 0.3 is 0 Å². The third kappa shape index (κ3) is 4.41. The van der Waals surface area contributed by atoms with Crippen LogP contribution >= 0.6 is 0 Å². The van der Waals surface area contributed by atoms with Crippen LogP contribution < -0.4 is 20.1 Å². The fourth-order valence-electron chi connectivity index (χ4n) is 3.46. The van der Waals surface area contributed by atoms with Gasteiger partial charge in [-0.05, 0) is 26.0 Å². The summed E-state index contributed by atoms with van der Waals surface area (Å²) in [5.41, 5.74) is 4.25. The molecule has 0 saturated heterocycles. The highest BCUT2D eigenvalue weighted by atomic mass is 16.7. The summed E-state index contributed by atoms with van der Waals surface area (Å²) in [5, 5.41) is 5.08. The Kier molecular flexibility index (Phi) is 5.49. The Morgan fingerprint density at radius 3 is 2.38 bits per heavy atom. The van der Waals surface area contributed by atoms with E-state index < -0.39 is 0 Å². The maximum Gasteiger partial charge on any atom is 0.282 e. The van der Waals surface area contributed by atoms with Crippen molar-refractivity contribution in [1.29, 1.82) is 0 Å². The first-order valence-corrected chi connectivity index (χ1v) is 9.77. The molecule has 0 spiro atoms. The van der Waals surface area contributed by atoms with Gasteiger partial charge < -0.3 is 20.1 Å². The molecule has 5 heteroatoms. The Morgan fingerprint density at radius 2 is 1.62 bits per heavy atom. The van der Waals surface area contributed by atoms with E-state index in [0.717, 1.165) is 0 Å². The summed E-state index contributed by atoms with van der Waals surface area (Å²) in [6.45, 7) is 4.21. The summed E-state index contributed by atoms with van der Waals surface area (Å²) in [7, 11) is 0. The molecule has 3 aromatic rings. The monoisotopic (exact) mass is 389 g/mol. The SMILES string of the molecule is Cc1ccc([C@@H]([NH2+][C@H](C)C(=O)Nc2ccc3c(c2)OCO3)c2ccccc2)cc1. The summed E-state index contributed by atoms with van der Waals surface area (Å²) in [6, 6.07) is 23.9. The molecule has 0 unspecified atom stereocenters. The lowest BCUT2D eigenvalue weighted by Gasteiger charge is -2.21. The Labute approximate surface area is 170 Å². The van der Waals surface area contributed by atoms with E-state index in [1.165, 1.54) is 16.7 Å². The number of anilines is 1. The van der Waals surface area contributed by atoms with Crippen LogP contribution in [-0.2, 0) is 4.79 Å². The predicted molar refractivity (Wildman–Crippen MR) is 112 cm³/mol. The van der Waals surface area contributed by atoms with Crippen LogP contribution in [0.1, 0.15) is 29.7 Å². The lowest BCUT2D eigenvalue weighted by Crippen LogP contribution is -2.92. The number of quaternary nitrogens is 1. The highest BCUT2D eigenvalue weighted by Gasteiger charge is 2.25. The van der Waals surface area contributed by atoms with Crippen molar-refractivity contribution in [2.45, 2.75) is 25.9 Å². The van der Waals surface area contributed by atoms with Gasteiger partial charge in [0.1, 0.15) is 6.04 Å². The molecule has 1 amide bonds. The highest BCUT2D eigenvalue weighted by molar-refractivity contribution is 5.93. The van der Waals surface area contributed by atoms with Crippen LogP contribution in [0.4, 0.5) is 5.69 Å². The van der Waals surface area contributed by atoms with Crippen molar-refractivity contribution in [3.05, 3.63) is 89.5 Å². The summed E-state index contributed by atoms with van der Waals surface area (Å²) in [6.07, 6.45) is 0. The van der Waals surface area contributed by atoms with Gasteiger partial charge in [0.15, 0.2) is 17.5 Å². The number of ether oxygens (including phenoxy) is 2. The van der Waals surface area contributed by atoms with Crippen LogP contribution in [0.3, 0.4) is 0 Å². The number of hydrogen-bond acceptors (Lipinski definition) is 3. The normalized spacial score (nSPS) is 14.3. The Morgan fingerprint density at radius 1 is 0.931 bits per heavy atom. The van der Waals surface area contributed by atoms with Gasteiger partial charge in [0.2, 0.25) is 6.79 Å². The van der Waals surface area contributed by atoms with Gasteiger partial charge in [-0.25, -0.2) is 0 Å². The zero-order chi connectivity index (χ0) is 20.2. The van der Waals surface area contributed by atoms with Crippen molar-refractivity contribution >= 4 is 11.6 Å². The largest absolute Gasteiger partial charge is 0.454 e. The van der Waals surface area contributed by atoms with E-state index >= 15 is 0 Å². The van der Waals surface area contributed by atoms with Crippen molar-refractivity contribution in [3.63, 3.8) is 0 Å². The van der Waals surface area contributed by atoms with Gasteiger partial charge in [-0.3, -0.25) is 4.79 Å². The number of carbonyl (C=O) groups is 1. The lowest BCUT2D eigenvalue weighted by atomic mass is 9.97. The molecule has 3 N–H and O–H groups in total. The number of nitrogens with one attached hydrogen (secondary N) is 1. The van der Waals surface area contributed by atoms with Gasteiger partial charge in [0.25, 0.3) is 5.91 Å². The van der Waals surface area contributed by atoms with E-state index in [1.54, 1.807) is 6.07 Å². The molecule has 1 aliphatic rings. The van der Waals surface area contributed by atoms with Crippen LogP contribution in [0.2, 0.25) is 0 Å². The molecule has 0 aromatic heterocycles. The van der Waals surface area contributed by atoms with Gasteiger partial charge in [-0.2, -0.15) is 0 Å². The van der Waals surface area contributed by atoms with E-state index in [0.29, 0.717) is 17.2 Å². The van der Waals surface area contributed by atoms with E-state index in [2.05, 4.69) is 54.0 Å². The predicted octanol–water partition coefficient (Wildman–Crippen LogP) is 3.40. The number of benzene rings is 3. The minimum Gasteiger partial charge on any atom is -0.454 e. The zero-order valence-corrected chi connectivity index (χ0v) is 16.6. The minimum atomic E-state index is -0.285. The smallest absolute Gasteiger partial charge is 0.282 e. The van der Waals surface area contributed by atoms with Gasteiger partial charge in [-0.1, -0.05) is 60.2 Å². The number of fused-ring (bicyclic) bond motifs is 1. The van der Waals surface area contributed by atoms with E-state index in [-0.39, 0.29) is 24.8 Å². The van der Waals surface area contributed by atoms with Crippen LogP contribution in [-0.4, -0.2) is 18.7 Å². The second-order valence-electron chi connectivity index (χ2n) is 7.34. The first-order valence-electron chi connectivity index (χ1n) is 9.77. The summed E-state index contributed by atoms with van der Waals surface area (Å²) in [5.74, 6) is 1.30. The Hall–Kier alpha value is -3.31. The molecule has 5 nitrogen and oxygen atoms in total. The molecule has 4 rings (SSSR count). The molecular weight excluding hydrogens is 364 g/mol. The third-order valence-corrected chi connectivity index (χ3v) is 5.13. The van der Waals surface area contributed by atoms with Crippen LogP contribution in [0.25, 0.3) is 0 Å². The standard InChI is InChI=1S/C24H24N2O3/c1-16-8-10-19(11-9-16)23(18-6-4-3-5-7-18)25-17(2)24(27)26-20-12-13-21-22(14-20)29-15-28-21/h3-14,17,23,25H,15H2,1-2H3,(H,26,27)/p+1/t17-,23+/m1/s1. The molecular formula is C24H25N2O3+. The average molecular weight is 389 g/mol. The van der Waals surface area contributed by atoms with Crippen molar-refractivity contribution in [2.24, 2.45) is 0 Å². The Balaban J connectivity index is 1.50. The fourth-order valence-corrected chi connectivity index (χ4v) is 3.46. The second kappa shape index (κ2) is 8.37. The molecule has 0 radical (unpaired) electrons. The number of rotatable bonds is 6. The van der Waals surface area contributed by atoms with Crippen LogP contribution in [0, 0.1) is 6.92 Å². The number of amides is 1. The zero-order valence-electron chi connectivity index (χ0n) is 16.6. The minimum absolute atomic E-state index is 0.0364. The van der Waals surface area contributed by atoms with Crippen LogP contribution in [0.5, 0.6) is 11.5 Å². The first kappa shape index (κ1) is 19.0. The van der Waals surface area contributed by atoms with E-state index in [9.17, 15) is 4.79 Å². The molecule has 0 aliphatic carbocycles. The molecule has 148 valence electrons. The van der Waals surface area contributed by atoms with E-state index in [4.69, 9.17) is 9.47 Å². The lowest BCUT2D eigenvalue weighted by molar-refractivity contribution is -0.704. The van der Waals surface area contributed by atoms with E-state index in [1.807, 2.05) is 37.3 Å². The van der Waals surface area contributed by atoms with Gasteiger partial charge in [0, 0.05) is 22.9 Å². The highest BCUT2D eigenvalue weighted by Crippen LogP contribution is 2.34. The van der Waals surface area contributed by atoms with Crippen molar-refractivity contribution in [2.75, 3.05) is 12.1 Å². The Bertz CT molecular complexity index is 987. The third-order valence-electron chi connectivity index (χ3n) is 5.13. The van der Waals surface area contributed by atoms with Gasteiger partial charge in [-0.15, -0.1) is 0 Å². The average Bonchev–Trinajstić information content (AvgIpc) is 3.21. The fraction of sp³-hybridized carbons (Fsp3) is 0.208.